The zero-order chi connectivity index (χ0) is 23.7. The Kier molecular flexibility index (Phi) is 6.11. The monoisotopic (exact) mass is 464 g/mol. The van der Waals surface area contributed by atoms with Gasteiger partial charge in [-0.25, -0.2) is 9.97 Å². The molecule has 3 aromatic rings. The van der Waals surface area contributed by atoms with Crippen LogP contribution in [0.3, 0.4) is 0 Å². The molecule has 0 radical (unpaired) electrons. The van der Waals surface area contributed by atoms with Crippen molar-refractivity contribution in [2.75, 3.05) is 32.8 Å². The summed E-state index contributed by atoms with van der Waals surface area (Å²) < 4.78 is 18.2. The highest BCUT2D eigenvalue weighted by Gasteiger charge is 2.41. The average Bonchev–Trinajstić information content (AvgIpc) is 3.59. The van der Waals surface area contributed by atoms with E-state index in [0.717, 1.165) is 24.2 Å². The second kappa shape index (κ2) is 9.21. The highest BCUT2D eigenvalue weighted by Crippen LogP contribution is 2.39. The van der Waals surface area contributed by atoms with E-state index in [-0.39, 0.29) is 22.9 Å². The van der Waals surface area contributed by atoms with Gasteiger partial charge in [0.1, 0.15) is 29.4 Å². The lowest BCUT2D eigenvalue weighted by atomic mass is 9.75. The topological polar surface area (TPSA) is 113 Å². The van der Waals surface area contributed by atoms with Crippen LogP contribution in [0.4, 0.5) is 5.69 Å². The summed E-state index contributed by atoms with van der Waals surface area (Å²) in [6.45, 7) is 1.18. The van der Waals surface area contributed by atoms with Crippen molar-refractivity contribution in [2.24, 2.45) is 7.05 Å². The Bertz CT molecular complexity index is 1180. The van der Waals surface area contributed by atoms with E-state index >= 15 is 0 Å². The summed E-state index contributed by atoms with van der Waals surface area (Å²) in [7, 11) is 5.02. The predicted octanol–water partition coefficient (Wildman–Crippen LogP) is 2.54. The van der Waals surface area contributed by atoms with Gasteiger partial charge in [0, 0.05) is 44.7 Å². The maximum Gasteiger partial charge on any atom is 0.274 e. The van der Waals surface area contributed by atoms with Crippen molar-refractivity contribution in [3.05, 3.63) is 65.3 Å². The maximum atomic E-state index is 13.2. The number of hydrogen-bond donors (Lipinski definition) is 1. The van der Waals surface area contributed by atoms with Gasteiger partial charge in [0.05, 0.1) is 13.2 Å². The van der Waals surface area contributed by atoms with Crippen molar-refractivity contribution in [1.29, 1.82) is 0 Å². The maximum absolute atomic E-state index is 13.2. The normalized spacial score (nSPS) is 16.9. The van der Waals surface area contributed by atoms with E-state index in [4.69, 9.17) is 14.2 Å². The largest absolute Gasteiger partial charge is 0.379 e. The van der Waals surface area contributed by atoms with Crippen LogP contribution in [0.2, 0.25) is 0 Å². The van der Waals surface area contributed by atoms with E-state index in [9.17, 15) is 4.79 Å². The molecular weight excluding hydrogens is 436 g/mol. The van der Waals surface area contributed by atoms with Gasteiger partial charge >= 0.3 is 0 Å². The molecule has 1 aliphatic heterocycles. The minimum atomic E-state index is -0.658. The average molecular weight is 465 g/mol. The second-order valence-electron chi connectivity index (χ2n) is 8.96. The number of aromatic nitrogens is 5. The van der Waals surface area contributed by atoms with Crippen molar-refractivity contribution in [3.8, 4) is 0 Å². The molecule has 2 aromatic heterocycles. The first-order valence-electron chi connectivity index (χ1n) is 11.3. The number of aryl methyl sites for hydroxylation is 1. The number of rotatable bonds is 9. The Morgan fingerprint density at radius 2 is 2.03 bits per heavy atom. The van der Waals surface area contributed by atoms with Crippen LogP contribution in [-0.4, -0.2) is 58.1 Å². The Labute approximate surface area is 197 Å². The molecular formula is C24H28N6O4. The number of anilines is 1. The van der Waals surface area contributed by atoms with Gasteiger partial charge in [-0.1, -0.05) is 12.1 Å². The first kappa shape index (κ1) is 22.6. The van der Waals surface area contributed by atoms with Crippen molar-refractivity contribution < 1.29 is 19.0 Å². The molecule has 5 rings (SSSR count). The van der Waals surface area contributed by atoms with Crippen LogP contribution in [0.1, 0.15) is 58.4 Å². The van der Waals surface area contributed by atoms with Gasteiger partial charge in [0.25, 0.3) is 5.91 Å². The van der Waals surface area contributed by atoms with E-state index in [1.54, 1.807) is 26.6 Å². The zero-order valence-corrected chi connectivity index (χ0v) is 19.5. The van der Waals surface area contributed by atoms with Crippen molar-refractivity contribution in [3.63, 3.8) is 0 Å². The number of hydrogen-bond acceptors (Lipinski definition) is 8. The van der Waals surface area contributed by atoms with Crippen LogP contribution in [0.25, 0.3) is 0 Å². The van der Waals surface area contributed by atoms with Gasteiger partial charge in [0.2, 0.25) is 6.29 Å². The molecule has 1 aromatic carbocycles. The predicted molar refractivity (Wildman–Crippen MR) is 122 cm³/mol. The van der Waals surface area contributed by atoms with E-state index in [1.807, 2.05) is 29.8 Å². The highest BCUT2D eigenvalue weighted by molar-refractivity contribution is 6.03. The number of benzene rings is 1. The van der Waals surface area contributed by atoms with Crippen LogP contribution in [-0.2, 0) is 33.1 Å². The number of nitrogens with zero attached hydrogens (tertiary/aromatic N) is 5. The fourth-order valence-corrected chi connectivity index (χ4v) is 4.20. The quantitative estimate of drug-likeness (QED) is 0.481. The lowest BCUT2D eigenvalue weighted by Gasteiger charge is -2.41. The third kappa shape index (κ3) is 4.44. The fourth-order valence-electron chi connectivity index (χ4n) is 4.20. The van der Waals surface area contributed by atoms with Crippen molar-refractivity contribution in [1.82, 2.24) is 24.7 Å². The SMILES string of the molecule is COC(OC)c1cc(C(=O)Nc2cccc(C3(Cc4nncn4C)COC3)c2)nc(C2CC2)n1. The second-order valence-corrected chi connectivity index (χ2v) is 8.96. The van der Waals surface area contributed by atoms with Gasteiger partial charge in [-0.3, -0.25) is 4.79 Å². The molecule has 1 saturated carbocycles. The zero-order valence-electron chi connectivity index (χ0n) is 19.5. The molecule has 0 spiro atoms. The lowest BCUT2D eigenvalue weighted by molar-refractivity contribution is -0.108. The molecule has 10 heteroatoms. The molecule has 1 amide bonds. The smallest absolute Gasteiger partial charge is 0.274 e. The molecule has 34 heavy (non-hydrogen) atoms. The number of amides is 1. The van der Waals surface area contributed by atoms with Crippen LogP contribution in [0, 0.1) is 0 Å². The molecule has 2 aliphatic rings. The van der Waals surface area contributed by atoms with E-state index in [1.165, 1.54) is 0 Å². The molecule has 1 N–H and O–H groups in total. The standard InChI is InChI=1S/C24H28N6O4/c1-30-14-25-29-20(30)11-24(12-34-13-24)16-5-4-6-17(9-16)26-22(31)18-10-19(23(32-2)33-3)28-21(27-18)15-7-8-15/h4-6,9-10,14-15,23H,7-8,11-13H2,1-3H3,(H,26,31). The van der Waals surface area contributed by atoms with Gasteiger partial charge in [0.15, 0.2) is 0 Å². The van der Waals surface area contributed by atoms with Gasteiger partial charge < -0.3 is 24.1 Å². The van der Waals surface area contributed by atoms with Crippen LogP contribution in [0.15, 0.2) is 36.7 Å². The third-order valence-electron chi connectivity index (χ3n) is 6.40. The summed E-state index contributed by atoms with van der Waals surface area (Å²) in [5.74, 6) is 1.53. The Hall–Kier alpha value is -3.21. The number of carbonyl (C=O) groups excluding carboxylic acids is 1. The summed E-state index contributed by atoms with van der Waals surface area (Å²) in [5.41, 5.74) is 2.40. The van der Waals surface area contributed by atoms with Crippen molar-refractivity contribution in [2.45, 2.75) is 36.9 Å². The summed E-state index contributed by atoms with van der Waals surface area (Å²) in [6, 6.07) is 9.48. The van der Waals surface area contributed by atoms with E-state index in [2.05, 4.69) is 31.5 Å². The molecule has 1 aliphatic carbocycles. The van der Waals surface area contributed by atoms with Crippen LogP contribution in [0.5, 0.6) is 0 Å². The fraction of sp³-hybridized carbons (Fsp3) is 0.458. The summed E-state index contributed by atoms with van der Waals surface area (Å²) in [4.78, 5) is 22.3. The number of carbonyl (C=O) groups is 1. The molecule has 2 fully saturated rings. The molecule has 0 bridgehead atoms. The molecule has 1 saturated heterocycles. The summed E-state index contributed by atoms with van der Waals surface area (Å²) in [5, 5.41) is 11.2. The third-order valence-corrected chi connectivity index (χ3v) is 6.40. The lowest BCUT2D eigenvalue weighted by Crippen LogP contribution is -2.49. The molecule has 0 unspecified atom stereocenters. The summed E-state index contributed by atoms with van der Waals surface area (Å²) >= 11 is 0. The minimum absolute atomic E-state index is 0.201. The molecule has 3 heterocycles. The minimum Gasteiger partial charge on any atom is -0.379 e. The first-order valence-corrected chi connectivity index (χ1v) is 11.3. The van der Waals surface area contributed by atoms with Gasteiger partial charge in [-0.15, -0.1) is 10.2 Å². The van der Waals surface area contributed by atoms with Gasteiger partial charge in [-0.05, 0) is 36.6 Å². The Balaban J connectivity index is 1.39. The Morgan fingerprint density at radius 3 is 2.65 bits per heavy atom. The van der Waals surface area contributed by atoms with Gasteiger partial charge in [-0.2, -0.15) is 0 Å². The molecule has 10 nitrogen and oxygen atoms in total. The van der Waals surface area contributed by atoms with Crippen molar-refractivity contribution >= 4 is 11.6 Å². The first-order chi connectivity index (χ1) is 16.5. The number of nitrogens with one attached hydrogen (secondary N) is 1. The van der Waals surface area contributed by atoms with E-state index < -0.39 is 6.29 Å². The highest BCUT2D eigenvalue weighted by atomic mass is 16.7. The Morgan fingerprint density at radius 1 is 1.24 bits per heavy atom. The molecule has 0 atom stereocenters. The molecule has 178 valence electrons. The number of methoxy groups -OCH3 is 2. The number of ether oxygens (including phenoxy) is 3. The summed E-state index contributed by atoms with van der Waals surface area (Å²) in [6.07, 6.45) is 3.79. The van der Waals surface area contributed by atoms with Crippen LogP contribution >= 0.6 is 0 Å². The van der Waals surface area contributed by atoms with E-state index in [0.29, 0.717) is 36.8 Å². The van der Waals surface area contributed by atoms with Crippen LogP contribution < -0.4 is 5.32 Å².